The number of unbranched alkanes of at least 4 members (excludes halogenated alkanes) is 1. The van der Waals surface area contributed by atoms with Crippen molar-refractivity contribution in [2.24, 2.45) is 17.8 Å². The largest absolute Gasteiger partial charge is 0.112 e. The van der Waals surface area contributed by atoms with Crippen LogP contribution in [0, 0.1) is 17.8 Å². The molecule has 1 heterocycles. The predicted octanol–water partition coefficient (Wildman–Crippen LogP) is 17.3. The Kier molecular flexibility index (Phi) is 3.27. The average molecular weight is 961 g/mol. The summed E-state index contributed by atoms with van der Waals surface area (Å²) >= 11 is 2.62. The van der Waals surface area contributed by atoms with Crippen molar-refractivity contribution in [3.8, 4) is 11.1 Å². The quantitative estimate of drug-likeness (QED) is 0.150. The Morgan fingerprint density at radius 1 is 0.387 bits per heavy atom. The molecule has 23 aliphatic rings. The molecule has 0 N–H and O–H groups in total. The predicted molar refractivity (Wildman–Crippen MR) is 294 cm³/mol. The first-order valence-electron chi connectivity index (χ1n) is 31.3. The lowest BCUT2D eigenvalue weighted by atomic mass is 9.39. The van der Waals surface area contributed by atoms with E-state index in [1.807, 2.05) is 175 Å². The monoisotopic (exact) mass is 960 g/mol. The standard InChI is InChI=1S/C74H40S/c1-3-5-6-11(4-2)9-12-7-8-13-14(10-12)75-74-71-65-59-49-37-29-21-17-15-16-19-23(21)31(37)41-35-27(19)28-20(16)24-22-18(15)26-25(17)33-39(29)47-53-43(33)44-34(26)40-30(22)38-32(24)42-36(28)46-45(35)57(51(41)59)67(71)68-58(46)52(42)60-50(38)56-48(40)54(44)62-61(53)69(63(65)55(47)49)73(13,74)70(62)64(56)66(60)72(68)74/h7-8,10-11,17,19,21,23,25,27,33,35,43-46,54,58,62,64,66,68,70,72H,3-6,9H2,1-2H3. The molecule has 11 aromatic carbocycles. The zero-order chi connectivity index (χ0) is 45.2. The van der Waals surface area contributed by atoms with Crippen LogP contribution < -0.4 is 0 Å². The molecule has 75 heavy (non-hydrogen) atoms. The normalized spacial score (nSPS) is 46.0. The van der Waals surface area contributed by atoms with Crippen LogP contribution in [0.1, 0.15) is 268 Å². The first-order chi connectivity index (χ1) is 37.3. The first kappa shape index (κ1) is 31.8. The van der Waals surface area contributed by atoms with Crippen LogP contribution in [0.25, 0.3) is 97.3 Å². The third-order valence-electron chi connectivity index (χ3n) is 32.3. The molecule has 34 rings (SSSR count). The van der Waals surface area contributed by atoms with Crippen LogP contribution >= 0.6 is 11.8 Å². The zero-order valence-electron chi connectivity index (χ0n) is 41.3. The molecule has 1 fully saturated rings. The lowest BCUT2D eigenvalue weighted by molar-refractivity contribution is 0.0341. The maximum Gasteiger partial charge on any atom is 0.0645 e. The zero-order valence-corrected chi connectivity index (χ0v) is 42.1. The maximum absolute atomic E-state index is 2.94. The summed E-state index contributed by atoms with van der Waals surface area (Å²) in [6.45, 7) is 4.91. The van der Waals surface area contributed by atoms with Crippen molar-refractivity contribution in [3.63, 3.8) is 0 Å². The molecule has 1 aliphatic heterocycles. The van der Waals surface area contributed by atoms with Gasteiger partial charge < -0.3 is 0 Å². The average Bonchev–Trinajstić information content (AvgIpc) is 1.79. The van der Waals surface area contributed by atoms with Gasteiger partial charge in [-0.15, -0.1) is 11.8 Å². The molecule has 342 valence electrons. The van der Waals surface area contributed by atoms with Crippen LogP contribution in [0.3, 0.4) is 0 Å². The smallest absolute Gasteiger partial charge is 0.0645 e. The number of thioether (sulfide) groups is 1. The second-order valence-electron chi connectivity index (χ2n) is 31.6. The van der Waals surface area contributed by atoms with Crippen molar-refractivity contribution in [2.45, 2.75) is 168 Å². The lowest BCUT2D eigenvalue weighted by Crippen LogP contribution is -2.62. The van der Waals surface area contributed by atoms with Crippen LogP contribution in [0.15, 0.2) is 23.1 Å². The van der Waals surface area contributed by atoms with Crippen LogP contribution in [0.5, 0.6) is 0 Å². The van der Waals surface area contributed by atoms with E-state index < -0.39 is 0 Å². The van der Waals surface area contributed by atoms with E-state index in [0.29, 0.717) is 118 Å². The molecule has 23 atom stereocenters. The Morgan fingerprint density at radius 2 is 0.747 bits per heavy atom. The second-order valence-corrected chi connectivity index (χ2v) is 32.8. The SMILES string of the molecule is CCCCC(CC)Cc1ccc2c(c1)SC13c4c5c6c7c8c9c%10c%11c%12c%13c%14c%15c(c%16c%13c%10c7c4-%16)C21C1C%15C2c4c7c%10c%13c%15c%16c%17c%18c%19c%20c%21c%22c%23c(c4c4c%22c%19c%16c%104)C2C%14C%12C%23C%21C%11C9C%20C%18C8C6C%17C%15C5C3C%13C71. The van der Waals surface area contributed by atoms with Gasteiger partial charge in [-0.2, -0.15) is 0 Å². The van der Waals surface area contributed by atoms with E-state index >= 15 is 0 Å². The summed E-state index contributed by atoms with van der Waals surface area (Å²) in [7, 11) is 0. The highest BCUT2D eigenvalue weighted by Gasteiger charge is 2.89. The van der Waals surface area contributed by atoms with Crippen molar-refractivity contribution in [3.05, 3.63) is 141 Å². The van der Waals surface area contributed by atoms with Gasteiger partial charge in [-0.25, -0.2) is 0 Å². The summed E-state index contributed by atoms with van der Waals surface area (Å²) < 4.78 is 0.0634. The van der Waals surface area contributed by atoms with Gasteiger partial charge in [-0.05, 0) is 356 Å². The highest BCUT2D eigenvalue weighted by Crippen LogP contribution is 3.01. The Morgan fingerprint density at radius 3 is 1.21 bits per heavy atom. The minimum atomic E-state index is 0.0332. The molecule has 0 bridgehead atoms. The van der Waals surface area contributed by atoms with Gasteiger partial charge in [0.25, 0.3) is 0 Å². The molecule has 0 saturated heterocycles. The van der Waals surface area contributed by atoms with Crippen LogP contribution in [0.2, 0.25) is 0 Å². The Hall–Kier alpha value is -5.37. The number of hydrogen-bond donors (Lipinski definition) is 0. The Balaban J connectivity index is 0.928. The van der Waals surface area contributed by atoms with E-state index in [4.69, 9.17) is 0 Å². The fourth-order valence-corrected chi connectivity index (χ4v) is 35.4. The van der Waals surface area contributed by atoms with E-state index in [1.165, 1.54) is 32.1 Å². The van der Waals surface area contributed by atoms with E-state index in [-0.39, 0.29) is 10.2 Å². The van der Waals surface area contributed by atoms with Crippen molar-refractivity contribution in [1.82, 2.24) is 0 Å². The minimum absolute atomic E-state index is 0.0332. The van der Waals surface area contributed by atoms with Gasteiger partial charge in [-0.1, -0.05) is 51.7 Å². The molecule has 0 amide bonds. The highest BCUT2D eigenvalue weighted by atomic mass is 32.2. The van der Waals surface area contributed by atoms with E-state index in [1.54, 1.807) is 10.5 Å². The molecule has 22 aliphatic carbocycles. The molecule has 1 saturated carbocycles. The third kappa shape index (κ3) is 1.89. The van der Waals surface area contributed by atoms with Crippen LogP contribution in [-0.4, -0.2) is 0 Å². The molecule has 0 radical (unpaired) electrons. The van der Waals surface area contributed by atoms with Crippen LogP contribution in [-0.2, 0) is 16.6 Å². The van der Waals surface area contributed by atoms with E-state index in [9.17, 15) is 0 Å². The van der Waals surface area contributed by atoms with Gasteiger partial charge in [0, 0.05) is 10.3 Å². The Bertz CT molecular complexity index is 5580. The molecule has 23 unspecified atom stereocenters. The van der Waals surface area contributed by atoms with Crippen molar-refractivity contribution >= 4 is 97.9 Å². The molecule has 1 heteroatoms. The van der Waals surface area contributed by atoms with Gasteiger partial charge in [0.05, 0.1) is 4.75 Å². The first-order valence-corrected chi connectivity index (χ1v) is 32.1. The number of benzene rings is 10. The number of rotatable bonds is 6. The van der Waals surface area contributed by atoms with Gasteiger partial charge in [-0.3, -0.25) is 0 Å². The van der Waals surface area contributed by atoms with Crippen molar-refractivity contribution in [1.29, 1.82) is 0 Å². The fraction of sp³-hybridized carbons (Fsp3) is 0.405. The van der Waals surface area contributed by atoms with Crippen LogP contribution in [0.4, 0.5) is 0 Å². The molecular formula is C74H40S. The lowest BCUT2D eigenvalue weighted by Gasteiger charge is -2.65. The molecule has 11 aromatic rings. The summed E-state index contributed by atoms with van der Waals surface area (Å²) in [5, 5.41) is 30.9. The highest BCUT2D eigenvalue weighted by molar-refractivity contribution is 8.00. The fourth-order valence-electron chi connectivity index (χ4n) is 33.3. The number of hydrogen-bond acceptors (Lipinski definition) is 1. The van der Waals surface area contributed by atoms with Gasteiger partial charge in [0.15, 0.2) is 0 Å². The Labute approximate surface area is 432 Å². The molecule has 0 nitrogen and oxygen atoms in total. The van der Waals surface area contributed by atoms with Crippen molar-refractivity contribution < 1.29 is 0 Å². The van der Waals surface area contributed by atoms with Gasteiger partial charge >= 0.3 is 0 Å². The summed E-state index contributed by atoms with van der Waals surface area (Å²) in [6, 6.07) is 8.66. The summed E-state index contributed by atoms with van der Waals surface area (Å²) in [5.74, 6) is 14.2. The molecule has 0 aromatic heterocycles. The molecule has 2 spiro atoms. The van der Waals surface area contributed by atoms with E-state index in [0.717, 1.165) is 5.92 Å². The topological polar surface area (TPSA) is 0 Å². The number of fused-ring (bicyclic) bond motifs is 1. The third-order valence-corrected chi connectivity index (χ3v) is 34.0. The summed E-state index contributed by atoms with van der Waals surface area (Å²) in [5.41, 5.74) is 48.4. The second kappa shape index (κ2) is 7.72. The van der Waals surface area contributed by atoms with E-state index in [2.05, 4.69) is 82.8 Å². The minimum Gasteiger partial charge on any atom is -0.112 e. The van der Waals surface area contributed by atoms with Gasteiger partial charge in [0.2, 0.25) is 0 Å². The van der Waals surface area contributed by atoms with Gasteiger partial charge in [0.1, 0.15) is 0 Å². The van der Waals surface area contributed by atoms with Crippen molar-refractivity contribution in [2.75, 3.05) is 0 Å². The summed E-state index contributed by atoms with van der Waals surface area (Å²) in [4.78, 5) is 1.78. The summed E-state index contributed by atoms with van der Waals surface area (Å²) in [6.07, 6.45) is 6.67. The maximum atomic E-state index is 2.94. The molecular weight excluding hydrogens is 921 g/mol.